The molecule has 1 aliphatic heterocycles. The van der Waals surface area contributed by atoms with Crippen LogP contribution in [0.4, 0.5) is 4.39 Å². The van der Waals surface area contributed by atoms with Crippen molar-refractivity contribution in [2.24, 2.45) is 0 Å². The molecule has 0 aliphatic carbocycles. The highest BCUT2D eigenvalue weighted by Crippen LogP contribution is 2.18. The molecule has 0 bridgehead atoms. The van der Waals surface area contributed by atoms with Gasteiger partial charge in [0.05, 0.1) is 24.1 Å². The van der Waals surface area contributed by atoms with Crippen LogP contribution in [-0.4, -0.2) is 47.3 Å². The lowest BCUT2D eigenvalue weighted by atomic mass is 10.1. The second kappa shape index (κ2) is 7.67. The lowest BCUT2D eigenvalue weighted by Crippen LogP contribution is -2.38. The summed E-state index contributed by atoms with van der Waals surface area (Å²) in [4.78, 5) is 6.25. The molecule has 1 unspecified atom stereocenters. The molecule has 112 valence electrons. The van der Waals surface area contributed by atoms with E-state index in [-0.39, 0.29) is 5.82 Å². The molecule has 4 nitrogen and oxygen atoms in total. The lowest BCUT2D eigenvalue weighted by molar-refractivity contribution is 0.0111. The van der Waals surface area contributed by atoms with Gasteiger partial charge in [-0.15, -0.1) is 0 Å². The normalized spacial score (nSPS) is 19.1. The topological polar surface area (TPSA) is 45.6 Å². The summed E-state index contributed by atoms with van der Waals surface area (Å²) in [6.45, 7) is 5.65. The van der Waals surface area contributed by atoms with Crippen molar-refractivity contribution in [1.29, 1.82) is 0 Å². The average molecular weight is 282 g/mol. The predicted molar refractivity (Wildman–Crippen MR) is 74.9 cm³/mol. The second-order valence-corrected chi connectivity index (χ2v) is 5.20. The van der Waals surface area contributed by atoms with E-state index in [0.717, 1.165) is 45.3 Å². The summed E-state index contributed by atoms with van der Waals surface area (Å²) in [7, 11) is 0. The zero-order valence-electron chi connectivity index (χ0n) is 12.0. The van der Waals surface area contributed by atoms with E-state index in [1.54, 1.807) is 6.07 Å². The Kier molecular flexibility index (Phi) is 5.88. The van der Waals surface area contributed by atoms with Crippen LogP contribution in [0.3, 0.4) is 0 Å². The first-order valence-electron chi connectivity index (χ1n) is 7.32. The third-order valence-corrected chi connectivity index (χ3v) is 3.75. The number of rotatable bonds is 6. The number of hydrogen-bond acceptors (Lipinski definition) is 4. The Balaban J connectivity index is 1.71. The number of ether oxygens (including phenoxy) is 1. The smallest absolute Gasteiger partial charge is 0.141 e. The minimum absolute atomic E-state index is 0.376. The van der Waals surface area contributed by atoms with Crippen molar-refractivity contribution in [3.8, 4) is 0 Å². The molecule has 0 spiro atoms. The fourth-order valence-corrected chi connectivity index (χ4v) is 2.57. The van der Waals surface area contributed by atoms with E-state index in [9.17, 15) is 9.50 Å². The standard InChI is InChI=1S/C15H23FN2O2/c1-2-20-13-5-8-18(9-6-13)10-7-15(19)14-4-3-12(16)11-17-14/h3-4,11,13,15,19H,2,5-10H2,1H3. The summed E-state index contributed by atoms with van der Waals surface area (Å²) in [6, 6.07) is 2.88. The minimum Gasteiger partial charge on any atom is -0.387 e. The minimum atomic E-state index is -0.625. The molecule has 1 aromatic rings. The summed E-state index contributed by atoms with van der Waals surface area (Å²) >= 11 is 0. The SMILES string of the molecule is CCOC1CCN(CCC(O)c2ccc(F)cn2)CC1. The lowest BCUT2D eigenvalue weighted by Gasteiger charge is -2.32. The number of nitrogens with zero attached hydrogens (tertiary/aromatic N) is 2. The van der Waals surface area contributed by atoms with Crippen LogP contribution in [0, 0.1) is 5.82 Å². The Bertz CT molecular complexity index is 391. The molecule has 0 aromatic carbocycles. The molecule has 5 heteroatoms. The molecular formula is C15H23FN2O2. The number of aliphatic hydroxyl groups is 1. The zero-order chi connectivity index (χ0) is 14.4. The first kappa shape index (κ1) is 15.4. The highest BCUT2D eigenvalue weighted by Gasteiger charge is 2.20. The maximum Gasteiger partial charge on any atom is 0.141 e. The van der Waals surface area contributed by atoms with Gasteiger partial charge in [0.2, 0.25) is 0 Å². The van der Waals surface area contributed by atoms with Crippen molar-refractivity contribution >= 4 is 0 Å². The average Bonchev–Trinajstić information content (AvgIpc) is 2.47. The summed E-state index contributed by atoms with van der Waals surface area (Å²) < 4.78 is 18.4. The van der Waals surface area contributed by atoms with Gasteiger partial charge in [0.15, 0.2) is 0 Å². The van der Waals surface area contributed by atoms with E-state index in [1.165, 1.54) is 6.07 Å². The number of hydrogen-bond donors (Lipinski definition) is 1. The molecule has 0 saturated carbocycles. The number of aromatic nitrogens is 1. The van der Waals surface area contributed by atoms with Crippen LogP contribution in [0.1, 0.15) is 38.0 Å². The summed E-state index contributed by atoms with van der Waals surface area (Å²) in [5.41, 5.74) is 0.538. The number of likely N-dealkylation sites (tertiary alicyclic amines) is 1. The van der Waals surface area contributed by atoms with E-state index in [2.05, 4.69) is 9.88 Å². The molecule has 1 atom stereocenters. The Morgan fingerprint density at radius 2 is 2.20 bits per heavy atom. The molecule has 0 radical (unpaired) electrons. The number of halogens is 1. The van der Waals surface area contributed by atoms with E-state index < -0.39 is 6.10 Å². The van der Waals surface area contributed by atoms with Crippen molar-refractivity contribution in [2.75, 3.05) is 26.2 Å². The monoisotopic (exact) mass is 282 g/mol. The van der Waals surface area contributed by atoms with Crippen LogP contribution in [0.15, 0.2) is 18.3 Å². The Morgan fingerprint density at radius 1 is 1.45 bits per heavy atom. The van der Waals surface area contributed by atoms with Crippen molar-refractivity contribution in [3.05, 3.63) is 29.8 Å². The zero-order valence-corrected chi connectivity index (χ0v) is 12.0. The largest absolute Gasteiger partial charge is 0.387 e. The molecule has 20 heavy (non-hydrogen) atoms. The van der Waals surface area contributed by atoms with Crippen LogP contribution in [-0.2, 0) is 4.74 Å². The van der Waals surface area contributed by atoms with Gasteiger partial charge in [-0.1, -0.05) is 0 Å². The van der Waals surface area contributed by atoms with Crippen molar-refractivity contribution in [2.45, 2.75) is 38.4 Å². The first-order chi connectivity index (χ1) is 9.69. The molecule has 2 heterocycles. The van der Waals surface area contributed by atoms with Gasteiger partial charge in [-0.3, -0.25) is 4.98 Å². The van der Waals surface area contributed by atoms with Gasteiger partial charge < -0.3 is 14.7 Å². The van der Waals surface area contributed by atoms with Gasteiger partial charge >= 0.3 is 0 Å². The Morgan fingerprint density at radius 3 is 2.80 bits per heavy atom. The fourth-order valence-electron chi connectivity index (χ4n) is 2.57. The highest BCUT2D eigenvalue weighted by molar-refractivity contribution is 5.07. The van der Waals surface area contributed by atoms with Crippen molar-refractivity contribution in [1.82, 2.24) is 9.88 Å². The van der Waals surface area contributed by atoms with Gasteiger partial charge in [-0.05, 0) is 38.3 Å². The van der Waals surface area contributed by atoms with E-state index in [0.29, 0.717) is 18.2 Å². The molecule has 1 aromatic heterocycles. The van der Waals surface area contributed by atoms with Crippen LogP contribution in [0.25, 0.3) is 0 Å². The maximum absolute atomic E-state index is 12.8. The highest BCUT2D eigenvalue weighted by atomic mass is 19.1. The third-order valence-electron chi connectivity index (χ3n) is 3.75. The van der Waals surface area contributed by atoms with Gasteiger partial charge in [0.1, 0.15) is 5.82 Å². The molecule has 1 fully saturated rings. The molecular weight excluding hydrogens is 259 g/mol. The molecule has 1 saturated heterocycles. The van der Waals surface area contributed by atoms with Crippen LogP contribution in [0.2, 0.25) is 0 Å². The van der Waals surface area contributed by atoms with Crippen molar-refractivity contribution < 1.29 is 14.2 Å². The molecule has 2 rings (SSSR count). The quantitative estimate of drug-likeness (QED) is 0.868. The van der Waals surface area contributed by atoms with Gasteiger partial charge in [-0.25, -0.2) is 4.39 Å². The van der Waals surface area contributed by atoms with Gasteiger partial charge in [-0.2, -0.15) is 0 Å². The predicted octanol–water partition coefficient (Wildman–Crippen LogP) is 2.15. The fraction of sp³-hybridized carbons (Fsp3) is 0.667. The van der Waals surface area contributed by atoms with E-state index >= 15 is 0 Å². The van der Waals surface area contributed by atoms with Gasteiger partial charge in [0.25, 0.3) is 0 Å². The summed E-state index contributed by atoms with van der Waals surface area (Å²) in [6.07, 6.45) is 3.64. The van der Waals surface area contributed by atoms with Gasteiger partial charge in [0, 0.05) is 26.2 Å². The van der Waals surface area contributed by atoms with Crippen LogP contribution >= 0.6 is 0 Å². The second-order valence-electron chi connectivity index (χ2n) is 5.20. The molecule has 1 N–H and O–H groups in total. The Labute approximate surface area is 119 Å². The Hall–Kier alpha value is -1.04. The summed E-state index contributed by atoms with van der Waals surface area (Å²) in [5.74, 6) is -0.376. The number of pyridine rings is 1. The molecule has 1 aliphatic rings. The number of aliphatic hydroxyl groups excluding tert-OH is 1. The van der Waals surface area contributed by atoms with Crippen LogP contribution < -0.4 is 0 Å². The van der Waals surface area contributed by atoms with E-state index in [1.807, 2.05) is 6.92 Å². The summed E-state index contributed by atoms with van der Waals surface area (Å²) in [5, 5.41) is 10.0. The van der Waals surface area contributed by atoms with Crippen LogP contribution in [0.5, 0.6) is 0 Å². The number of piperidine rings is 1. The first-order valence-corrected chi connectivity index (χ1v) is 7.32. The van der Waals surface area contributed by atoms with E-state index in [4.69, 9.17) is 4.74 Å². The molecule has 0 amide bonds. The van der Waals surface area contributed by atoms with Crippen molar-refractivity contribution in [3.63, 3.8) is 0 Å². The maximum atomic E-state index is 12.8. The third kappa shape index (κ3) is 4.51.